The fraction of sp³-hybridized carbons (Fsp3) is 0.167. The Morgan fingerprint density at radius 2 is 1.53 bits per heavy atom. The Balaban J connectivity index is 1.58. The first-order chi connectivity index (χ1) is 16.2. The molecule has 0 aliphatic heterocycles. The third-order valence-electron chi connectivity index (χ3n) is 5.01. The second-order valence-electron chi connectivity index (χ2n) is 7.42. The number of halogens is 2. The van der Waals surface area contributed by atoms with E-state index in [1.165, 1.54) is 30.3 Å². The summed E-state index contributed by atoms with van der Waals surface area (Å²) in [7, 11) is -4.10. The number of benzene rings is 3. The molecule has 1 unspecified atom stereocenters. The number of nitrogens with one attached hydrogen (secondary N) is 2. The molecule has 0 bridgehead atoms. The van der Waals surface area contributed by atoms with E-state index in [0.717, 1.165) is 17.2 Å². The number of carbonyl (C=O) groups is 2. The zero-order valence-corrected chi connectivity index (χ0v) is 19.4. The van der Waals surface area contributed by atoms with Crippen molar-refractivity contribution in [3.05, 3.63) is 89.2 Å². The molecular formula is C24H22ClFN2O5S. The van der Waals surface area contributed by atoms with Gasteiger partial charge in [0.25, 0.3) is 5.91 Å². The predicted octanol–water partition coefficient (Wildman–Crippen LogP) is 4.09. The SMILES string of the molecule is O=C(NCCCC(NS(=O)(=O)c1ccc(-c2ccc(Cl)cc2)cc1)C(=O)O)c1ccccc1F. The molecule has 34 heavy (non-hydrogen) atoms. The molecule has 7 nitrogen and oxygen atoms in total. The van der Waals surface area contributed by atoms with Crippen molar-refractivity contribution in [3.8, 4) is 11.1 Å². The summed E-state index contributed by atoms with van der Waals surface area (Å²) in [5, 5.41) is 12.5. The lowest BCUT2D eigenvalue weighted by molar-refractivity contribution is -0.139. The van der Waals surface area contributed by atoms with Gasteiger partial charge < -0.3 is 10.4 Å². The Morgan fingerprint density at radius 3 is 2.12 bits per heavy atom. The van der Waals surface area contributed by atoms with Crippen LogP contribution in [0.4, 0.5) is 4.39 Å². The first kappa shape index (κ1) is 25.4. The van der Waals surface area contributed by atoms with Gasteiger partial charge in [0, 0.05) is 11.6 Å². The van der Waals surface area contributed by atoms with Crippen LogP contribution in [0, 0.1) is 5.82 Å². The summed E-state index contributed by atoms with van der Waals surface area (Å²) in [6, 6.07) is 17.1. The van der Waals surface area contributed by atoms with Gasteiger partial charge in [-0.2, -0.15) is 4.72 Å². The van der Waals surface area contributed by atoms with Crippen LogP contribution in [0.1, 0.15) is 23.2 Å². The van der Waals surface area contributed by atoms with Crippen molar-refractivity contribution in [2.24, 2.45) is 0 Å². The lowest BCUT2D eigenvalue weighted by Crippen LogP contribution is -2.41. The molecule has 3 N–H and O–H groups in total. The van der Waals surface area contributed by atoms with Crippen LogP contribution in [0.2, 0.25) is 5.02 Å². The van der Waals surface area contributed by atoms with Crippen LogP contribution < -0.4 is 10.0 Å². The summed E-state index contributed by atoms with van der Waals surface area (Å²) in [6.45, 7) is 0.0501. The second kappa shape index (κ2) is 11.2. The molecule has 0 fully saturated rings. The lowest BCUT2D eigenvalue weighted by atomic mass is 10.1. The van der Waals surface area contributed by atoms with Crippen LogP contribution in [0.25, 0.3) is 11.1 Å². The van der Waals surface area contributed by atoms with E-state index in [1.54, 1.807) is 36.4 Å². The highest BCUT2D eigenvalue weighted by Crippen LogP contribution is 2.23. The predicted molar refractivity (Wildman–Crippen MR) is 127 cm³/mol. The zero-order valence-electron chi connectivity index (χ0n) is 17.9. The topological polar surface area (TPSA) is 113 Å². The normalized spacial score (nSPS) is 12.2. The Morgan fingerprint density at radius 1 is 0.941 bits per heavy atom. The van der Waals surface area contributed by atoms with Gasteiger partial charge in [0.15, 0.2) is 0 Å². The van der Waals surface area contributed by atoms with Crippen LogP contribution >= 0.6 is 11.6 Å². The minimum atomic E-state index is -4.10. The lowest BCUT2D eigenvalue weighted by Gasteiger charge is -2.15. The molecule has 0 radical (unpaired) electrons. The number of carbonyl (C=O) groups excluding carboxylic acids is 1. The van der Waals surface area contributed by atoms with Crippen molar-refractivity contribution in [2.45, 2.75) is 23.8 Å². The van der Waals surface area contributed by atoms with Gasteiger partial charge in [-0.15, -0.1) is 0 Å². The average Bonchev–Trinajstić information content (AvgIpc) is 2.81. The summed E-state index contributed by atoms with van der Waals surface area (Å²) in [6.07, 6.45) is 0.0875. The second-order valence-corrected chi connectivity index (χ2v) is 9.57. The van der Waals surface area contributed by atoms with Crippen molar-refractivity contribution in [3.63, 3.8) is 0 Å². The van der Waals surface area contributed by atoms with E-state index in [0.29, 0.717) is 5.02 Å². The number of carboxylic acid groups (broad SMARTS) is 1. The van der Waals surface area contributed by atoms with E-state index in [9.17, 15) is 27.5 Å². The van der Waals surface area contributed by atoms with Crippen LogP contribution in [-0.4, -0.2) is 38.0 Å². The number of aliphatic carboxylic acids is 1. The van der Waals surface area contributed by atoms with E-state index in [-0.39, 0.29) is 29.8 Å². The van der Waals surface area contributed by atoms with Gasteiger partial charge in [-0.05, 0) is 60.4 Å². The molecule has 0 saturated heterocycles. The highest BCUT2D eigenvalue weighted by molar-refractivity contribution is 7.89. The molecule has 3 rings (SSSR count). The standard InChI is InChI=1S/C24H22ClFN2O5S/c25-18-11-7-16(8-12-18)17-9-13-19(14-10-17)34(32,33)28-22(24(30)31)6-3-15-27-23(29)20-4-1-2-5-21(20)26/h1-2,4-5,7-14,22,28H,3,6,15H2,(H,27,29)(H,30,31). The van der Waals surface area contributed by atoms with Gasteiger partial charge in [-0.25, -0.2) is 12.8 Å². The Labute approximate surface area is 201 Å². The first-order valence-electron chi connectivity index (χ1n) is 10.3. The van der Waals surface area contributed by atoms with E-state index >= 15 is 0 Å². The van der Waals surface area contributed by atoms with Gasteiger partial charge in [-0.1, -0.05) is 48.0 Å². The molecule has 178 valence electrons. The number of carboxylic acids is 1. The molecule has 0 aliphatic rings. The minimum Gasteiger partial charge on any atom is -0.480 e. The van der Waals surface area contributed by atoms with E-state index in [4.69, 9.17) is 11.6 Å². The van der Waals surface area contributed by atoms with Crippen LogP contribution in [-0.2, 0) is 14.8 Å². The fourth-order valence-electron chi connectivity index (χ4n) is 3.21. The van der Waals surface area contributed by atoms with Gasteiger partial charge in [0.05, 0.1) is 10.5 Å². The third-order valence-corrected chi connectivity index (χ3v) is 6.75. The molecule has 10 heteroatoms. The molecule has 0 heterocycles. The van der Waals surface area contributed by atoms with Crippen molar-refractivity contribution in [2.75, 3.05) is 6.54 Å². The summed E-state index contributed by atoms with van der Waals surface area (Å²) in [4.78, 5) is 23.5. The average molecular weight is 505 g/mol. The highest BCUT2D eigenvalue weighted by Gasteiger charge is 2.25. The number of sulfonamides is 1. The third kappa shape index (κ3) is 6.63. The molecule has 1 amide bonds. The molecule has 3 aromatic carbocycles. The first-order valence-corrected chi connectivity index (χ1v) is 12.2. The van der Waals surface area contributed by atoms with Crippen LogP contribution in [0.5, 0.6) is 0 Å². The van der Waals surface area contributed by atoms with Crippen LogP contribution in [0.15, 0.2) is 77.7 Å². The fourth-order valence-corrected chi connectivity index (χ4v) is 4.56. The Kier molecular flexibility index (Phi) is 8.38. The monoisotopic (exact) mass is 504 g/mol. The number of amides is 1. The zero-order chi connectivity index (χ0) is 24.7. The van der Waals surface area contributed by atoms with Crippen molar-refractivity contribution < 1.29 is 27.5 Å². The van der Waals surface area contributed by atoms with Gasteiger partial charge in [0.1, 0.15) is 11.9 Å². The molecule has 0 spiro atoms. The maximum Gasteiger partial charge on any atom is 0.321 e. The van der Waals surface area contributed by atoms with E-state index in [2.05, 4.69) is 10.0 Å². The quantitative estimate of drug-likeness (QED) is 0.360. The minimum absolute atomic E-state index is 0.0501. The molecule has 0 aliphatic carbocycles. The maximum atomic E-state index is 13.6. The van der Waals surface area contributed by atoms with Crippen molar-refractivity contribution >= 4 is 33.5 Å². The highest BCUT2D eigenvalue weighted by atomic mass is 35.5. The van der Waals surface area contributed by atoms with Crippen LogP contribution in [0.3, 0.4) is 0 Å². The van der Waals surface area contributed by atoms with Crippen molar-refractivity contribution in [1.82, 2.24) is 10.0 Å². The molecule has 3 aromatic rings. The smallest absolute Gasteiger partial charge is 0.321 e. The summed E-state index contributed by atoms with van der Waals surface area (Å²) < 4.78 is 41.2. The summed E-state index contributed by atoms with van der Waals surface area (Å²) >= 11 is 5.88. The number of hydrogen-bond donors (Lipinski definition) is 3. The van der Waals surface area contributed by atoms with E-state index < -0.39 is 33.8 Å². The maximum absolute atomic E-state index is 13.6. The largest absolute Gasteiger partial charge is 0.480 e. The Bertz CT molecular complexity index is 1270. The number of hydrogen-bond acceptors (Lipinski definition) is 4. The molecule has 0 saturated carbocycles. The van der Waals surface area contributed by atoms with Gasteiger partial charge >= 0.3 is 5.97 Å². The summed E-state index contributed by atoms with van der Waals surface area (Å²) in [5.41, 5.74) is 1.50. The Hall–Kier alpha value is -3.27. The van der Waals surface area contributed by atoms with Gasteiger partial charge in [0.2, 0.25) is 10.0 Å². The summed E-state index contributed by atoms with van der Waals surface area (Å²) in [5.74, 6) is -2.65. The van der Waals surface area contributed by atoms with Crippen molar-refractivity contribution in [1.29, 1.82) is 0 Å². The molecular weight excluding hydrogens is 483 g/mol. The van der Waals surface area contributed by atoms with Gasteiger partial charge in [-0.3, -0.25) is 9.59 Å². The molecule has 0 aromatic heterocycles. The number of rotatable bonds is 10. The van der Waals surface area contributed by atoms with E-state index in [1.807, 2.05) is 0 Å². The molecule has 1 atom stereocenters.